The van der Waals surface area contributed by atoms with E-state index >= 15 is 0 Å². The fourth-order valence-electron chi connectivity index (χ4n) is 4.32. The lowest BCUT2D eigenvalue weighted by Crippen LogP contribution is -2.32. The Morgan fingerprint density at radius 2 is 1.16 bits per heavy atom. The third-order valence-electron chi connectivity index (χ3n) is 6.29. The van der Waals surface area contributed by atoms with E-state index < -0.39 is 7.12 Å². The Balaban J connectivity index is 2.08. The minimum Gasteiger partial charge on any atom is -0.423 e. The summed E-state index contributed by atoms with van der Waals surface area (Å²) in [6.45, 7) is 15.4. The van der Waals surface area contributed by atoms with Crippen LogP contribution in [0.25, 0.3) is 27.5 Å². The van der Waals surface area contributed by atoms with Crippen molar-refractivity contribution in [2.75, 3.05) is 0 Å². The van der Waals surface area contributed by atoms with E-state index in [1.165, 1.54) is 21.9 Å². The maximum Gasteiger partial charge on any atom is 0.488 e. The first-order valence-electron chi connectivity index (χ1n) is 10.9. The van der Waals surface area contributed by atoms with Gasteiger partial charge in [0.1, 0.15) is 0 Å². The van der Waals surface area contributed by atoms with Gasteiger partial charge in [-0.1, -0.05) is 59.7 Å². The number of aromatic nitrogens is 1. The molecule has 4 aromatic rings. The van der Waals surface area contributed by atoms with Crippen molar-refractivity contribution in [3.63, 3.8) is 0 Å². The summed E-state index contributed by atoms with van der Waals surface area (Å²) in [5, 5.41) is 21.8. The summed E-state index contributed by atoms with van der Waals surface area (Å²) in [4.78, 5) is 0. The standard InChI is InChI=1S/C27H32BNO2/c1-17-14-20(10-11-23(17)28(30)31)29-24-12-8-18(26(2,3)4)15-21(24)22-16-19(27(5,6)7)9-13-25(22)29/h8-16,30-31H,1-7H3. The Hall–Kier alpha value is -2.56. The maximum absolute atomic E-state index is 9.63. The molecule has 31 heavy (non-hydrogen) atoms. The van der Waals surface area contributed by atoms with E-state index in [0.717, 1.165) is 22.3 Å². The largest absolute Gasteiger partial charge is 0.488 e. The molecule has 0 saturated heterocycles. The third kappa shape index (κ3) is 3.79. The van der Waals surface area contributed by atoms with Crippen LogP contribution in [0.1, 0.15) is 58.2 Å². The number of benzene rings is 3. The Morgan fingerprint density at radius 3 is 1.55 bits per heavy atom. The van der Waals surface area contributed by atoms with Gasteiger partial charge in [-0.3, -0.25) is 0 Å². The SMILES string of the molecule is Cc1cc(-n2c3ccc(C(C)(C)C)cc3c3cc(C(C)(C)C)ccc32)ccc1B(O)O. The van der Waals surface area contributed by atoms with Crippen LogP contribution in [0.2, 0.25) is 0 Å². The molecule has 0 radical (unpaired) electrons. The van der Waals surface area contributed by atoms with Crippen LogP contribution in [0, 0.1) is 6.92 Å². The molecule has 0 spiro atoms. The first-order valence-corrected chi connectivity index (χ1v) is 10.9. The Kier molecular flexibility index (Phi) is 5.07. The van der Waals surface area contributed by atoms with E-state index in [1.54, 1.807) is 6.07 Å². The lowest BCUT2D eigenvalue weighted by molar-refractivity contribution is 0.425. The van der Waals surface area contributed by atoms with Crippen molar-refractivity contribution >= 4 is 34.4 Å². The van der Waals surface area contributed by atoms with Crippen LogP contribution in [0.5, 0.6) is 0 Å². The summed E-state index contributed by atoms with van der Waals surface area (Å²) in [5.74, 6) is 0. The quantitative estimate of drug-likeness (QED) is 0.434. The highest BCUT2D eigenvalue weighted by Gasteiger charge is 2.21. The second-order valence-electron chi connectivity index (χ2n) is 10.7. The van der Waals surface area contributed by atoms with Crippen LogP contribution in [-0.4, -0.2) is 21.7 Å². The summed E-state index contributed by atoms with van der Waals surface area (Å²) >= 11 is 0. The summed E-state index contributed by atoms with van der Waals surface area (Å²) in [6, 6.07) is 19.4. The van der Waals surface area contributed by atoms with Gasteiger partial charge < -0.3 is 14.6 Å². The molecule has 2 N–H and O–H groups in total. The van der Waals surface area contributed by atoms with Gasteiger partial charge in [0.15, 0.2) is 0 Å². The zero-order valence-electron chi connectivity index (χ0n) is 19.6. The van der Waals surface area contributed by atoms with Gasteiger partial charge in [-0.05, 0) is 76.3 Å². The van der Waals surface area contributed by atoms with Gasteiger partial charge >= 0.3 is 7.12 Å². The molecule has 1 heterocycles. The average molecular weight is 413 g/mol. The normalized spacial score (nSPS) is 12.7. The van der Waals surface area contributed by atoms with Crippen LogP contribution in [0.4, 0.5) is 0 Å². The Bertz CT molecular complexity index is 1220. The van der Waals surface area contributed by atoms with Crippen LogP contribution < -0.4 is 5.46 Å². The number of fused-ring (bicyclic) bond motifs is 3. The second kappa shape index (κ2) is 7.25. The molecular weight excluding hydrogens is 381 g/mol. The molecule has 0 fully saturated rings. The van der Waals surface area contributed by atoms with E-state index in [-0.39, 0.29) is 10.8 Å². The number of rotatable bonds is 2. The zero-order chi connectivity index (χ0) is 22.7. The molecule has 4 rings (SSSR count). The summed E-state index contributed by atoms with van der Waals surface area (Å²) in [6.07, 6.45) is 0. The van der Waals surface area contributed by atoms with Gasteiger partial charge in [-0.2, -0.15) is 0 Å². The minimum atomic E-state index is -1.46. The van der Waals surface area contributed by atoms with Crippen molar-refractivity contribution in [2.24, 2.45) is 0 Å². The highest BCUT2D eigenvalue weighted by atomic mass is 16.4. The van der Waals surface area contributed by atoms with Gasteiger partial charge in [-0.15, -0.1) is 0 Å². The van der Waals surface area contributed by atoms with Crippen molar-refractivity contribution in [3.05, 3.63) is 71.3 Å². The maximum atomic E-state index is 9.63. The van der Waals surface area contributed by atoms with Crippen LogP contribution in [-0.2, 0) is 10.8 Å². The fraction of sp³-hybridized carbons (Fsp3) is 0.333. The van der Waals surface area contributed by atoms with Crippen molar-refractivity contribution in [2.45, 2.75) is 59.3 Å². The molecule has 0 amide bonds. The molecule has 1 aromatic heterocycles. The number of aryl methyl sites for hydroxylation is 1. The minimum absolute atomic E-state index is 0.0692. The highest BCUT2D eigenvalue weighted by Crippen LogP contribution is 2.37. The van der Waals surface area contributed by atoms with Gasteiger partial charge in [0, 0.05) is 16.5 Å². The van der Waals surface area contributed by atoms with Gasteiger partial charge in [0.2, 0.25) is 0 Å². The first-order chi connectivity index (χ1) is 14.4. The van der Waals surface area contributed by atoms with Crippen LogP contribution >= 0.6 is 0 Å². The molecule has 160 valence electrons. The topological polar surface area (TPSA) is 45.4 Å². The van der Waals surface area contributed by atoms with Gasteiger partial charge in [0.05, 0.1) is 11.0 Å². The molecule has 0 unspecified atom stereocenters. The second-order valence-corrected chi connectivity index (χ2v) is 10.7. The summed E-state index contributed by atoms with van der Waals surface area (Å²) in [5.41, 5.74) is 7.50. The Morgan fingerprint density at radius 1 is 0.677 bits per heavy atom. The summed E-state index contributed by atoms with van der Waals surface area (Å²) < 4.78 is 2.28. The van der Waals surface area contributed by atoms with Crippen molar-refractivity contribution in [1.82, 2.24) is 4.57 Å². The van der Waals surface area contributed by atoms with E-state index in [4.69, 9.17) is 0 Å². The Labute approximate surface area is 185 Å². The molecule has 3 nitrogen and oxygen atoms in total. The van der Waals surface area contributed by atoms with E-state index in [2.05, 4.69) is 82.5 Å². The molecule has 0 aliphatic carbocycles. The number of nitrogens with zero attached hydrogens (tertiary/aromatic N) is 1. The van der Waals surface area contributed by atoms with Crippen molar-refractivity contribution < 1.29 is 10.0 Å². The first kappa shape index (κ1) is 21.7. The lowest BCUT2D eigenvalue weighted by atomic mass is 9.77. The zero-order valence-corrected chi connectivity index (χ0v) is 19.6. The highest BCUT2D eigenvalue weighted by molar-refractivity contribution is 6.59. The van der Waals surface area contributed by atoms with Crippen LogP contribution in [0.15, 0.2) is 54.6 Å². The molecule has 0 atom stereocenters. The van der Waals surface area contributed by atoms with Gasteiger partial charge in [0.25, 0.3) is 0 Å². The predicted molar refractivity (Wildman–Crippen MR) is 133 cm³/mol. The van der Waals surface area contributed by atoms with Crippen LogP contribution in [0.3, 0.4) is 0 Å². The van der Waals surface area contributed by atoms with E-state index in [9.17, 15) is 10.0 Å². The monoisotopic (exact) mass is 413 g/mol. The predicted octanol–water partition coefficient (Wildman–Crippen LogP) is 5.37. The third-order valence-corrected chi connectivity index (χ3v) is 6.29. The van der Waals surface area contributed by atoms with E-state index in [0.29, 0.717) is 5.46 Å². The molecule has 3 aromatic carbocycles. The molecule has 0 aliphatic rings. The lowest BCUT2D eigenvalue weighted by Gasteiger charge is -2.19. The van der Waals surface area contributed by atoms with E-state index in [1.807, 2.05) is 19.1 Å². The fourth-order valence-corrected chi connectivity index (χ4v) is 4.32. The van der Waals surface area contributed by atoms with Gasteiger partial charge in [-0.25, -0.2) is 0 Å². The van der Waals surface area contributed by atoms with Crippen molar-refractivity contribution in [3.8, 4) is 5.69 Å². The molecule has 0 saturated carbocycles. The molecular formula is C27H32BNO2. The summed E-state index contributed by atoms with van der Waals surface area (Å²) in [7, 11) is -1.46. The molecule has 0 bridgehead atoms. The molecule has 4 heteroatoms. The number of hydrogen-bond acceptors (Lipinski definition) is 2. The smallest absolute Gasteiger partial charge is 0.423 e. The van der Waals surface area contributed by atoms with Crippen molar-refractivity contribution in [1.29, 1.82) is 0 Å². The average Bonchev–Trinajstić information content (AvgIpc) is 2.99. The number of hydrogen-bond donors (Lipinski definition) is 2. The molecule has 0 aliphatic heterocycles.